The average molecular weight is 947 g/mol. The molecule has 378 valence electrons. The lowest BCUT2D eigenvalue weighted by molar-refractivity contribution is -0.370. The maximum atomic E-state index is 12.9. The summed E-state index contributed by atoms with van der Waals surface area (Å²) in [4.78, 5) is 75.2. The quantitative estimate of drug-likeness (QED) is 0.0838. The van der Waals surface area contributed by atoms with Crippen LogP contribution in [0, 0.1) is 46.3 Å². The van der Waals surface area contributed by atoms with Crippen LogP contribution >= 0.6 is 0 Å². The molecule has 0 aromatic carbocycles. The van der Waals surface area contributed by atoms with E-state index in [1.807, 2.05) is 0 Å². The van der Waals surface area contributed by atoms with Crippen LogP contribution in [0.2, 0.25) is 0 Å². The predicted octanol–water partition coefficient (Wildman–Crippen LogP) is 7.49. The first kappa shape index (κ1) is 52.8. The highest BCUT2D eigenvalue weighted by Gasteiger charge is 2.61. The van der Waals surface area contributed by atoms with Crippen molar-refractivity contribution in [3.63, 3.8) is 0 Å². The minimum Gasteiger partial charge on any atom is -0.463 e. The highest BCUT2D eigenvalue weighted by molar-refractivity contribution is 5.69. The van der Waals surface area contributed by atoms with Gasteiger partial charge in [-0.2, -0.15) is 0 Å². The van der Waals surface area contributed by atoms with Crippen molar-refractivity contribution in [3.05, 3.63) is 11.6 Å². The zero-order valence-electron chi connectivity index (χ0n) is 41.9. The van der Waals surface area contributed by atoms with E-state index in [-0.39, 0.29) is 5.41 Å². The molecule has 67 heavy (non-hydrogen) atoms. The predicted molar refractivity (Wildman–Crippen MR) is 240 cm³/mol. The summed E-state index contributed by atoms with van der Waals surface area (Å²) in [7, 11) is 0. The molecule has 16 nitrogen and oxygen atoms in total. The summed E-state index contributed by atoms with van der Waals surface area (Å²) >= 11 is 0. The molecule has 0 amide bonds. The van der Waals surface area contributed by atoms with Crippen LogP contribution in [0.3, 0.4) is 0 Å². The van der Waals surface area contributed by atoms with E-state index in [4.69, 9.17) is 47.4 Å². The average Bonchev–Trinajstić information content (AvgIpc) is 3.58. The van der Waals surface area contributed by atoms with E-state index in [0.717, 1.165) is 44.4 Å². The summed E-state index contributed by atoms with van der Waals surface area (Å²) < 4.78 is 60.3. The van der Waals surface area contributed by atoms with Crippen LogP contribution in [0.25, 0.3) is 0 Å². The number of carbonyl (C=O) groups excluding carboxylic acids is 6. The molecule has 2 heterocycles. The summed E-state index contributed by atoms with van der Waals surface area (Å²) in [6.45, 7) is 20.4. The van der Waals surface area contributed by atoms with Crippen LogP contribution in [0.5, 0.6) is 0 Å². The molecular formula is C51H78O16. The standard InChI is InChI=1S/C51H78O16/c1-26(2)14-13-15-27(3)38-18-19-39-37-17-16-35-24-36(20-22-50(35,11)40(37)21-23-51(38,39)12)65-49-47(45(63-33(9)56)43(61-31(7)54)41(66-49)25-58-29(5)52)67-48-46(64-34(10)57)44(62-32(8)55)42(28(4)59-48)60-30(6)53/h16,26-28,36-49H,13-15,17-25H2,1-12H3/t27-,28+,36+,37+,38-,39+,40+,41-,42+,43-,44-,45+,46-,47-,48+,49-,50+,51-/m1/s1. The maximum Gasteiger partial charge on any atom is 0.303 e. The van der Waals surface area contributed by atoms with E-state index in [1.165, 1.54) is 78.2 Å². The maximum absolute atomic E-state index is 12.9. The molecule has 0 unspecified atom stereocenters. The Bertz CT molecular complexity index is 1830. The van der Waals surface area contributed by atoms with Gasteiger partial charge in [0.2, 0.25) is 0 Å². The van der Waals surface area contributed by atoms with Crippen molar-refractivity contribution < 1.29 is 76.1 Å². The topological polar surface area (TPSA) is 195 Å². The molecule has 2 aliphatic heterocycles. The zero-order valence-corrected chi connectivity index (χ0v) is 41.9. The molecule has 0 N–H and O–H groups in total. The Morgan fingerprint density at radius 2 is 1.22 bits per heavy atom. The third-order valence-electron chi connectivity index (χ3n) is 16.2. The fourth-order valence-corrected chi connectivity index (χ4v) is 13.3. The van der Waals surface area contributed by atoms with Crippen molar-refractivity contribution in [2.75, 3.05) is 6.61 Å². The highest BCUT2D eigenvalue weighted by atomic mass is 16.8. The summed E-state index contributed by atoms with van der Waals surface area (Å²) in [6, 6.07) is 0. The smallest absolute Gasteiger partial charge is 0.303 e. The second-order valence-corrected chi connectivity index (χ2v) is 21.3. The lowest BCUT2D eigenvalue weighted by atomic mass is 9.47. The van der Waals surface area contributed by atoms with Gasteiger partial charge >= 0.3 is 35.8 Å². The van der Waals surface area contributed by atoms with Crippen LogP contribution < -0.4 is 0 Å². The summed E-state index contributed by atoms with van der Waals surface area (Å²) in [5, 5.41) is 0. The Hall–Kier alpha value is -3.60. The van der Waals surface area contributed by atoms with Crippen LogP contribution in [0.4, 0.5) is 0 Å². The molecule has 18 atom stereocenters. The lowest BCUT2D eigenvalue weighted by Gasteiger charge is -2.58. The van der Waals surface area contributed by atoms with Gasteiger partial charge in [0.15, 0.2) is 49.2 Å². The molecule has 0 radical (unpaired) electrons. The van der Waals surface area contributed by atoms with Crippen molar-refractivity contribution in [1.82, 2.24) is 0 Å². The van der Waals surface area contributed by atoms with E-state index in [0.29, 0.717) is 36.0 Å². The summed E-state index contributed by atoms with van der Waals surface area (Å²) in [5.74, 6) is -0.310. The van der Waals surface area contributed by atoms with E-state index < -0.39 is 110 Å². The van der Waals surface area contributed by atoms with Gasteiger partial charge in [0.05, 0.1) is 12.2 Å². The van der Waals surface area contributed by atoms with E-state index in [1.54, 1.807) is 6.92 Å². The van der Waals surface area contributed by atoms with Gasteiger partial charge in [-0.25, -0.2) is 0 Å². The third-order valence-corrected chi connectivity index (χ3v) is 16.2. The lowest BCUT2D eigenvalue weighted by Crippen LogP contribution is -2.67. The number of fused-ring (bicyclic) bond motifs is 5. The molecule has 6 rings (SSSR count). The largest absolute Gasteiger partial charge is 0.463 e. The Labute approximate surface area is 396 Å². The molecule has 4 aliphatic carbocycles. The first-order valence-electron chi connectivity index (χ1n) is 24.8. The van der Waals surface area contributed by atoms with Crippen LogP contribution in [0.1, 0.15) is 154 Å². The van der Waals surface area contributed by atoms with E-state index in [2.05, 4.69) is 40.7 Å². The number of hydrogen-bond donors (Lipinski definition) is 0. The van der Waals surface area contributed by atoms with Gasteiger partial charge in [0, 0.05) is 41.5 Å². The molecule has 0 aromatic heterocycles. The van der Waals surface area contributed by atoms with Crippen molar-refractivity contribution in [2.45, 2.75) is 221 Å². The van der Waals surface area contributed by atoms with Gasteiger partial charge in [-0.05, 0) is 105 Å². The fourth-order valence-electron chi connectivity index (χ4n) is 13.3. The molecular weight excluding hydrogens is 869 g/mol. The van der Waals surface area contributed by atoms with Crippen molar-refractivity contribution in [3.8, 4) is 0 Å². The third kappa shape index (κ3) is 12.1. The van der Waals surface area contributed by atoms with Crippen LogP contribution in [0.15, 0.2) is 11.6 Å². The summed E-state index contributed by atoms with van der Waals surface area (Å²) in [5.41, 5.74) is 1.69. The minimum absolute atomic E-state index is 0.0134. The van der Waals surface area contributed by atoms with Gasteiger partial charge in [0.25, 0.3) is 0 Å². The Morgan fingerprint density at radius 1 is 0.642 bits per heavy atom. The zero-order chi connectivity index (χ0) is 49.1. The fraction of sp³-hybridized carbons (Fsp3) is 0.843. The number of esters is 6. The molecule has 3 saturated carbocycles. The van der Waals surface area contributed by atoms with Gasteiger partial charge in [0.1, 0.15) is 12.7 Å². The molecule has 6 aliphatic rings. The van der Waals surface area contributed by atoms with Gasteiger partial charge in [-0.15, -0.1) is 0 Å². The Balaban J connectivity index is 1.30. The monoisotopic (exact) mass is 947 g/mol. The minimum atomic E-state index is -1.57. The number of allylic oxidation sites excluding steroid dienone is 1. The van der Waals surface area contributed by atoms with Crippen molar-refractivity contribution >= 4 is 35.8 Å². The van der Waals surface area contributed by atoms with Crippen molar-refractivity contribution in [2.24, 2.45) is 46.3 Å². The molecule has 16 heteroatoms. The van der Waals surface area contributed by atoms with E-state index >= 15 is 0 Å². The highest BCUT2D eigenvalue weighted by Crippen LogP contribution is 2.67. The number of carbonyl (C=O) groups is 6. The molecule has 0 bridgehead atoms. The first-order valence-corrected chi connectivity index (χ1v) is 24.8. The number of hydrogen-bond acceptors (Lipinski definition) is 16. The second-order valence-electron chi connectivity index (χ2n) is 21.3. The Kier molecular flexibility index (Phi) is 17.3. The summed E-state index contributed by atoms with van der Waals surface area (Å²) in [6.07, 6.45) is 0.636. The van der Waals surface area contributed by atoms with Gasteiger partial charge < -0.3 is 47.4 Å². The molecule has 2 saturated heterocycles. The number of ether oxygens (including phenoxy) is 10. The normalized spacial score (nSPS) is 39.6. The van der Waals surface area contributed by atoms with Crippen LogP contribution in [-0.4, -0.2) is 110 Å². The van der Waals surface area contributed by atoms with Crippen LogP contribution in [-0.2, 0) is 76.1 Å². The van der Waals surface area contributed by atoms with E-state index in [9.17, 15) is 28.8 Å². The van der Waals surface area contributed by atoms with Gasteiger partial charge in [-0.1, -0.05) is 65.5 Å². The van der Waals surface area contributed by atoms with Gasteiger partial charge in [-0.3, -0.25) is 28.8 Å². The molecule has 0 aromatic rings. The molecule has 5 fully saturated rings. The second kappa shape index (κ2) is 22.0. The number of rotatable bonds is 16. The Morgan fingerprint density at radius 3 is 1.84 bits per heavy atom. The van der Waals surface area contributed by atoms with Crippen molar-refractivity contribution in [1.29, 1.82) is 0 Å². The SMILES string of the molecule is CC(=O)OC[C@H]1O[C@@H](O[C@H]2CC[C@@]3(C)C(=CC[C@H]4[C@@H]5CC[C@H]([C@H](C)CCCC(C)C)[C@@]5(C)CC[C@@H]43)C2)[C@H](O[C@@H]2O[C@@H](C)[C@H](OC(C)=O)[C@@H](OC(C)=O)[C@H]2OC(C)=O)[C@@H](OC(C)=O)[C@@H]1OC(C)=O. The molecule has 0 spiro atoms. The first-order chi connectivity index (χ1) is 31.5.